The third-order valence-electron chi connectivity index (χ3n) is 3.75. The predicted molar refractivity (Wildman–Crippen MR) is 83.6 cm³/mol. The van der Waals surface area contributed by atoms with Gasteiger partial charge in [0.2, 0.25) is 0 Å². The van der Waals surface area contributed by atoms with Gasteiger partial charge in [-0.3, -0.25) is 0 Å². The zero-order chi connectivity index (χ0) is 13.8. The minimum Gasteiger partial charge on any atom is -0.388 e. The van der Waals surface area contributed by atoms with E-state index < -0.39 is 0 Å². The van der Waals surface area contributed by atoms with Crippen LogP contribution in [-0.4, -0.2) is 48.6 Å². The van der Waals surface area contributed by atoms with Crippen molar-refractivity contribution in [3.63, 3.8) is 0 Å². The van der Waals surface area contributed by atoms with Gasteiger partial charge in [0.15, 0.2) is 0 Å². The maximum absolute atomic E-state index is 5.63. The zero-order valence-corrected chi connectivity index (χ0v) is 12.5. The van der Waals surface area contributed by atoms with Crippen molar-refractivity contribution < 1.29 is 0 Å². The Labute approximate surface area is 120 Å². The lowest BCUT2D eigenvalue weighted by molar-refractivity contribution is 0.222. The van der Waals surface area contributed by atoms with Crippen LogP contribution in [-0.2, 0) is 0 Å². The number of thiocarbonyl (C=S) groups is 1. The maximum atomic E-state index is 5.63. The fraction of sp³-hybridized carbons (Fsp3) is 0.571. The van der Waals surface area contributed by atoms with Crippen molar-refractivity contribution in [3.8, 4) is 0 Å². The van der Waals surface area contributed by atoms with Gasteiger partial charge in [-0.1, -0.05) is 18.3 Å². The number of anilines is 1. The predicted octanol–water partition coefficient (Wildman–Crippen LogP) is 1.49. The molecule has 0 atom stereocenters. The molecule has 1 aliphatic heterocycles. The number of hydrogen-bond acceptors (Lipinski definition) is 4. The molecule has 5 heteroatoms. The highest BCUT2D eigenvalue weighted by Gasteiger charge is 2.18. The lowest BCUT2D eigenvalue weighted by Gasteiger charge is -2.32. The van der Waals surface area contributed by atoms with Gasteiger partial charge in [0.1, 0.15) is 10.8 Å². The van der Waals surface area contributed by atoms with Gasteiger partial charge in [0, 0.05) is 13.6 Å². The summed E-state index contributed by atoms with van der Waals surface area (Å²) in [6.07, 6.45) is 2.52. The van der Waals surface area contributed by atoms with E-state index in [2.05, 4.69) is 28.9 Å². The van der Waals surface area contributed by atoms with E-state index in [9.17, 15) is 0 Å². The summed E-state index contributed by atoms with van der Waals surface area (Å²) >= 11 is 4.97. The molecule has 1 aliphatic rings. The number of nitrogens with two attached hydrogens (primary N) is 1. The number of pyridine rings is 1. The summed E-state index contributed by atoms with van der Waals surface area (Å²) < 4.78 is 0. The average Bonchev–Trinajstić information content (AvgIpc) is 2.41. The van der Waals surface area contributed by atoms with E-state index in [1.54, 1.807) is 0 Å². The van der Waals surface area contributed by atoms with E-state index in [0.717, 1.165) is 18.3 Å². The first-order chi connectivity index (χ1) is 9.06. The first-order valence-corrected chi connectivity index (χ1v) is 7.13. The molecule has 0 bridgehead atoms. The largest absolute Gasteiger partial charge is 0.388 e. The number of hydrogen-bond donors (Lipinski definition) is 1. The number of nitrogens with zero attached hydrogens (tertiary/aromatic N) is 3. The SMILES string of the molecule is CN1CCC(CN(C)c2cccc(C(N)=S)n2)CC1. The van der Waals surface area contributed by atoms with Crippen molar-refractivity contribution in [1.29, 1.82) is 0 Å². The van der Waals surface area contributed by atoms with Crippen LogP contribution in [0.1, 0.15) is 18.5 Å². The van der Waals surface area contributed by atoms with Crippen LogP contribution in [0.3, 0.4) is 0 Å². The summed E-state index contributed by atoms with van der Waals surface area (Å²) in [7, 11) is 4.27. The molecule has 0 unspecified atom stereocenters. The summed E-state index contributed by atoms with van der Waals surface area (Å²) in [5.74, 6) is 1.70. The maximum Gasteiger partial charge on any atom is 0.129 e. The highest BCUT2D eigenvalue weighted by atomic mass is 32.1. The summed E-state index contributed by atoms with van der Waals surface area (Å²) in [4.78, 5) is 9.46. The van der Waals surface area contributed by atoms with Gasteiger partial charge >= 0.3 is 0 Å². The molecule has 0 spiro atoms. The Morgan fingerprint density at radius 3 is 2.79 bits per heavy atom. The minimum absolute atomic E-state index is 0.356. The standard InChI is InChI=1S/C14H22N4S/c1-17-8-6-11(7-9-17)10-18(2)13-5-3-4-12(16-13)14(15)19/h3-5,11H,6-10H2,1-2H3,(H2,15,19). The fourth-order valence-electron chi connectivity index (χ4n) is 2.50. The van der Waals surface area contributed by atoms with Crippen LogP contribution in [0.2, 0.25) is 0 Å². The zero-order valence-electron chi connectivity index (χ0n) is 11.7. The summed E-state index contributed by atoms with van der Waals surface area (Å²) in [6, 6.07) is 5.83. The molecule has 0 amide bonds. The molecule has 0 radical (unpaired) electrons. The van der Waals surface area contributed by atoms with E-state index in [1.807, 2.05) is 18.2 Å². The molecule has 104 valence electrons. The second-order valence-corrected chi connectivity index (χ2v) is 5.81. The molecule has 1 aromatic rings. The molecule has 2 rings (SSSR count). The lowest BCUT2D eigenvalue weighted by atomic mass is 9.97. The first-order valence-electron chi connectivity index (χ1n) is 6.73. The van der Waals surface area contributed by atoms with Crippen LogP contribution in [0.5, 0.6) is 0 Å². The Kier molecular flexibility index (Phi) is 4.71. The smallest absolute Gasteiger partial charge is 0.129 e. The van der Waals surface area contributed by atoms with Gasteiger partial charge in [0.05, 0.1) is 5.69 Å². The molecule has 1 aromatic heterocycles. The van der Waals surface area contributed by atoms with Crippen LogP contribution in [0.4, 0.5) is 5.82 Å². The molecule has 0 saturated carbocycles. The van der Waals surface area contributed by atoms with Gasteiger partial charge in [-0.25, -0.2) is 4.98 Å². The van der Waals surface area contributed by atoms with Crippen molar-refractivity contribution in [3.05, 3.63) is 23.9 Å². The Morgan fingerprint density at radius 2 is 2.16 bits per heavy atom. The molecule has 1 saturated heterocycles. The third kappa shape index (κ3) is 3.88. The Hall–Kier alpha value is -1.20. The van der Waals surface area contributed by atoms with Crippen LogP contribution in [0, 0.1) is 5.92 Å². The molecule has 0 aliphatic carbocycles. The molecule has 2 heterocycles. The van der Waals surface area contributed by atoms with Gasteiger partial charge in [-0.2, -0.15) is 0 Å². The number of piperidine rings is 1. The monoisotopic (exact) mass is 278 g/mol. The molecular weight excluding hydrogens is 256 g/mol. The van der Waals surface area contributed by atoms with Gasteiger partial charge in [-0.05, 0) is 51.0 Å². The molecule has 1 fully saturated rings. The molecular formula is C14H22N4S. The van der Waals surface area contributed by atoms with E-state index >= 15 is 0 Å². The average molecular weight is 278 g/mol. The molecule has 0 aromatic carbocycles. The Balaban J connectivity index is 1.97. The number of aromatic nitrogens is 1. The second-order valence-electron chi connectivity index (χ2n) is 5.37. The van der Waals surface area contributed by atoms with Crippen LogP contribution in [0.25, 0.3) is 0 Å². The van der Waals surface area contributed by atoms with Crippen molar-refractivity contribution >= 4 is 23.0 Å². The minimum atomic E-state index is 0.356. The Morgan fingerprint density at radius 1 is 1.47 bits per heavy atom. The third-order valence-corrected chi connectivity index (χ3v) is 3.96. The van der Waals surface area contributed by atoms with Gasteiger partial charge in [-0.15, -0.1) is 0 Å². The molecule has 2 N–H and O–H groups in total. The number of rotatable bonds is 4. The van der Waals surface area contributed by atoms with E-state index in [4.69, 9.17) is 18.0 Å². The van der Waals surface area contributed by atoms with Crippen LogP contribution < -0.4 is 10.6 Å². The normalized spacial score (nSPS) is 17.4. The fourth-order valence-corrected chi connectivity index (χ4v) is 2.61. The van der Waals surface area contributed by atoms with Crippen LogP contribution in [0.15, 0.2) is 18.2 Å². The Bertz CT molecular complexity index is 441. The summed E-state index contributed by atoms with van der Waals surface area (Å²) in [5, 5.41) is 0. The van der Waals surface area contributed by atoms with Crippen molar-refractivity contribution in [2.24, 2.45) is 11.7 Å². The van der Waals surface area contributed by atoms with Crippen molar-refractivity contribution in [2.75, 3.05) is 38.6 Å². The summed E-state index contributed by atoms with van der Waals surface area (Å²) in [6.45, 7) is 3.43. The highest BCUT2D eigenvalue weighted by molar-refractivity contribution is 7.80. The highest BCUT2D eigenvalue weighted by Crippen LogP contribution is 2.19. The van der Waals surface area contributed by atoms with Gasteiger partial charge < -0.3 is 15.5 Å². The lowest BCUT2D eigenvalue weighted by Crippen LogP contribution is -2.36. The molecule has 4 nitrogen and oxygen atoms in total. The van der Waals surface area contributed by atoms with Crippen molar-refractivity contribution in [2.45, 2.75) is 12.8 Å². The first kappa shape index (κ1) is 14.2. The summed E-state index contributed by atoms with van der Waals surface area (Å²) in [5.41, 5.74) is 6.32. The van der Waals surface area contributed by atoms with E-state index in [-0.39, 0.29) is 0 Å². The van der Waals surface area contributed by atoms with Crippen LogP contribution >= 0.6 is 12.2 Å². The van der Waals surface area contributed by atoms with Gasteiger partial charge in [0.25, 0.3) is 0 Å². The molecule has 19 heavy (non-hydrogen) atoms. The quantitative estimate of drug-likeness (QED) is 0.846. The number of likely N-dealkylation sites (tertiary alicyclic amines) is 1. The second kappa shape index (κ2) is 6.30. The van der Waals surface area contributed by atoms with E-state index in [1.165, 1.54) is 25.9 Å². The topological polar surface area (TPSA) is 45.4 Å². The van der Waals surface area contributed by atoms with Crippen molar-refractivity contribution in [1.82, 2.24) is 9.88 Å². The van der Waals surface area contributed by atoms with E-state index in [0.29, 0.717) is 10.7 Å².